The van der Waals surface area contributed by atoms with Crippen LogP contribution in [-0.2, 0) is 14.3 Å². The SMILES string of the molecule is CCOc1cc(C2/C(=C(\[O-])c3ccc(OC)c(C)c3)C(=O)C(=O)N2CC[NH+]2CCOCC2)ccc1O. The summed E-state index contributed by atoms with van der Waals surface area (Å²) in [5.74, 6) is -1.21. The van der Waals surface area contributed by atoms with Crippen LogP contribution in [-0.4, -0.2) is 74.8 Å². The summed E-state index contributed by atoms with van der Waals surface area (Å²) in [5, 5.41) is 23.9. The van der Waals surface area contributed by atoms with Crippen LogP contribution in [0.1, 0.15) is 29.7 Å². The average Bonchev–Trinajstić information content (AvgIpc) is 3.14. The number of phenolic OH excluding ortho intramolecular Hbond substituents is 1. The van der Waals surface area contributed by atoms with Gasteiger partial charge in [0.2, 0.25) is 5.78 Å². The smallest absolute Gasteiger partial charge is 0.295 e. The number of ketones is 1. The number of aryl methyl sites for hydroxylation is 1. The Morgan fingerprint density at radius 3 is 2.58 bits per heavy atom. The molecule has 2 aliphatic heterocycles. The molecule has 4 rings (SSSR count). The fourth-order valence-electron chi connectivity index (χ4n) is 4.78. The van der Waals surface area contributed by atoms with Crippen molar-refractivity contribution in [1.29, 1.82) is 0 Å². The maximum atomic E-state index is 13.7. The molecule has 1 atom stereocenters. The van der Waals surface area contributed by atoms with Gasteiger partial charge in [0, 0.05) is 5.57 Å². The van der Waals surface area contributed by atoms with Crippen LogP contribution >= 0.6 is 0 Å². The average molecular weight is 497 g/mol. The van der Waals surface area contributed by atoms with E-state index in [0.29, 0.717) is 49.8 Å². The van der Waals surface area contributed by atoms with E-state index in [4.69, 9.17) is 14.2 Å². The van der Waals surface area contributed by atoms with Crippen LogP contribution < -0.4 is 19.5 Å². The molecule has 9 heteroatoms. The molecule has 2 aromatic carbocycles. The van der Waals surface area contributed by atoms with Gasteiger partial charge in [0.25, 0.3) is 5.91 Å². The van der Waals surface area contributed by atoms with Gasteiger partial charge in [-0.3, -0.25) is 9.59 Å². The van der Waals surface area contributed by atoms with Crippen molar-refractivity contribution >= 4 is 17.4 Å². The van der Waals surface area contributed by atoms with E-state index in [0.717, 1.165) is 18.7 Å². The first-order valence-electron chi connectivity index (χ1n) is 12.1. The Labute approximate surface area is 210 Å². The second-order valence-electron chi connectivity index (χ2n) is 8.93. The van der Waals surface area contributed by atoms with Gasteiger partial charge in [-0.2, -0.15) is 0 Å². The quantitative estimate of drug-likeness (QED) is 0.306. The standard InChI is InChI=1S/C27H32N2O7/c1-4-36-22-16-18(5-7-20(22)30)24-23(25(31)19-6-8-21(34-3)17(2)15-19)26(32)27(33)29(24)10-9-28-11-13-35-14-12-28/h5-8,15-16,24,30-31H,4,9-14H2,1-3H3/b25-23+. The highest BCUT2D eigenvalue weighted by Gasteiger charge is 2.44. The molecule has 0 aromatic heterocycles. The van der Waals surface area contributed by atoms with E-state index in [2.05, 4.69) is 0 Å². The molecule has 1 amide bonds. The normalized spacial score (nSPS) is 20.1. The van der Waals surface area contributed by atoms with E-state index in [1.54, 1.807) is 44.4 Å². The van der Waals surface area contributed by atoms with Crippen molar-refractivity contribution in [2.45, 2.75) is 19.9 Å². The molecule has 9 nitrogen and oxygen atoms in total. The number of rotatable bonds is 8. The zero-order chi connectivity index (χ0) is 25.8. The molecule has 2 saturated heterocycles. The van der Waals surface area contributed by atoms with E-state index in [1.807, 2.05) is 6.92 Å². The minimum atomic E-state index is -0.889. The Morgan fingerprint density at radius 2 is 1.92 bits per heavy atom. The third-order valence-electron chi connectivity index (χ3n) is 6.69. The van der Waals surface area contributed by atoms with Crippen LogP contribution in [0, 0.1) is 6.92 Å². The van der Waals surface area contributed by atoms with Crippen LogP contribution in [0.25, 0.3) is 5.76 Å². The summed E-state index contributed by atoms with van der Waals surface area (Å²) in [6, 6.07) is 8.71. The van der Waals surface area contributed by atoms with Crippen molar-refractivity contribution in [3.8, 4) is 17.2 Å². The number of hydrogen-bond donors (Lipinski definition) is 2. The zero-order valence-corrected chi connectivity index (χ0v) is 20.8. The zero-order valence-electron chi connectivity index (χ0n) is 20.8. The van der Waals surface area contributed by atoms with Gasteiger partial charge in [-0.25, -0.2) is 0 Å². The molecule has 0 saturated carbocycles. The van der Waals surface area contributed by atoms with E-state index >= 15 is 0 Å². The third-order valence-corrected chi connectivity index (χ3v) is 6.69. The summed E-state index contributed by atoms with van der Waals surface area (Å²) in [6.45, 7) is 7.77. The predicted molar refractivity (Wildman–Crippen MR) is 130 cm³/mol. The summed E-state index contributed by atoms with van der Waals surface area (Å²) in [4.78, 5) is 29.2. The number of carbonyl (C=O) groups is 2. The lowest BCUT2D eigenvalue weighted by molar-refractivity contribution is -0.907. The second kappa shape index (κ2) is 11.0. The maximum absolute atomic E-state index is 13.7. The topological polar surface area (TPSA) is 113 Å². The molecule has 0 bridgehead atoms. The number of carbonyl (C=O) groups excluding carboxylic acids is 2. The molecule has 2 heterocycles. The highest BCUT2D eigenvalue weighted by atomic mass is 16.5. The Kier molecular flexibility index (Phi) is 7.81. The Bertz CT molecular complexity index is 1170. The lowest BCUT2D eigenvalue weighted by Gasteiger charge is -2.30. The van der Waals surface area contributed by atoms with Gasteiger partial charge in [-0.05, 0) is 54.8 Å². The number of benzene rings is 2. The van der Waals surface area contributed by atoms with Crippen molar-refractivity contribution in [2.75, 3.05) is 53.1 Å². The molecule has 0 spiro atoms. The number of amides is 1. The molecule has 1 unspecified atom stereocenters. The van der Waals surface area contributed by atoms with Crippen LogP contribution in [0.3, 0.4) is 0 Å². The molecular weight excluding hydrogens is 464 g/mol. The molecule has 2 fully saturated rings. The molecule has 0 radical (unpaired) electrons. The summed E-state index contributed by atoms with van der Waals surface area (Å²) in [5.41, 5.74) is 1.47. The number of methoxy groups -OCH3 is 1. The largest absolute Gasteiger partial charge is 0.872 e. The van der Waals surface area contributed by atoms with E-state index in [-0.39, 0.29) is 17.1 Å². The summed E-state index contributed by atoms with van der Waals surface area (Å²) in [7, 11) is 1.54. The van der Waals surface area contributed by atoms with Crippen LogP contribution in [0.4, 0.5) is 0 Å². The molecule has 192 valence electrons. The number of Topliss-reactive ketones (excluding diaryl/α,β-unsaturated/α-hetero) is 1. The van der Waals surface area contributed by atoms with Gasteiger partial charge < -0.3 is 34.2 Å². The van der Waals surface area contributed by atoms with E-state index < -0.39 is 23.5 Å². The summed E-state index contributed by atoms with van der Waals surface area (Å²) < 4.78 is 16.3. The first kappa shape index (κ1) is 25.5. The minimum Gasteiger partial charge on any atom is -0.872 e. The van der Waals surface area contributed by atoms with Crippen LogP contribution in [0.5, 0.6) is 17.2 Å². The summed E-state index contributed by atoms with van der Waals surface area (Å²) >= 11 is 0. The fourth-order valence-corrected chi connectivity index (χ4v) is 4.78. The summed E-state index contributed by atoms with van der Waals surface area (Å²) in [6.07, 6.45) is 0. The first-order valence-corrected chi connectivity index (χ1v) is 12.1. The Hall–Kier alpha value is -3.56. The number of likely N-dealkylation sites (tertiary alicyclic amines) is 1. The molecular formula is C27H32N2O7. The Morgan fingerprint density at radius 1 is 1.17 bits per heavy atom. The molecule has 2 N–H and O–H groups in total. The number of ether oxygens (including phenoxy) is 3. The number of aromatic hydroxyl groups is 1. The number of nitrogens with one attached hydrogen (secondary N) is 1. The van der Waals surface area contributed by atoms with Crippen molar-refractivity contribution in [3.05, 3.63) is 58.7 Å². The first-order chi connectivity index (χ1) is 17.3. The lowest BCUT2D eigenvalue weighted by atomic mass is 9.94. The Balaban J connectivity index is 1.78. The van der Waals surface area contributed by atoms with Crippen molar-refractivity contribution < 1.29 is 38.9 Å². The number of phenols is 1. The van der Waals surface area contributed by atoms with Gasteiger partial charge in [-0.1, -0.05) is 17.9 Å². The molecule has 2 aliphatic rings. The van der Waals surface area contributed by atoms with E-state index in [9.17, 15) is 19.8 Å². The van der Waals surface area contributed by atoms with Gasteiger partial charge in [0.05, 0.1) is 46.1 Å². The number of hydrogen-bond acceptors (Lipinski definition) is 7. The molecule has 2 aromatic rings. The number of quaternary nitrogens is 1. The molecule has 36 heavy (non-hydrogen) atoms. The number of nitrogens with zero attached hydrogens (tertiary/aromatic N) is 1. The van der Waals surface area contributed by atoms with Crippen molar-refractivity contribution in [1.82, 2.24) is 4.90 Å². The van der Waals surface area contributed by atoms with Gasteiger partial charge in [-0.15, -0.1) is 0 Å². The van der Waals surface area contributed by atoms with Gasteiger partial charge in [0.15, 0.2) is 11.5 Å². The minimum absolute atomic E-state index is 0.0563. The van der Waals surface area contributed by atoms with Gasteiger partial charge in [0.1, 0.15) is 18.8 Å². The molecule has 0 aliphatic carbocycles. The fraction of sp³-hybridized carbons (Fsp3) is 0.407. The van der Waals surface area contributed by atoms with Crippen molar-refractivity contribution in [2.24, 2.45) is 0 Å². The number of morpholine rings is 1. The predicted octanol–water partition coefficient (Wildman–Crippen LogP) is 0.247. The van der Waals surface area contributed by atoms with Crippen molar-refractivity contribution in [3.63, 3.8) is 0 Å². The second-order valence-corrected chi connectivity index (χ2v) is 8.93. The monoisotopic (exact) mass is 496 g/mol. The highest BCUT2D eigenvalue weighted by molar-refractivity contribution is 6.46. The maximum Gasteiger partial charge on any atom is 0.295 e. The third kappa shape index (κ3) is 5.03. The van der Waals surface area contributed by atoms with Crippen LogP contribution in [0.15, 0.2) is 42.0 Å². The highest BCUT2D eigenvalue weighted by Crippen LogP contribution is 2.41. The van der Waals surface area contributed by atoms with E-state index in [1.165, 1.54) is 15.9 Å². The van der Waals surface area contributed by atoms with Crippen LogP contribution in [0.2, 0.25) is 0 Å². The lowest BCUT2D eigenvalue weighted by Crippen LogP contribution is -3.14. The van der Waals surface area contributed by atoms with Gasteiger partial charge >= 0.3 is 0 Å².